The first kappa shape index (κ1) is 26.7. The molecule has 9 heteroatoms. The lowest BCUT2D eigenvalue weighted by Gasteiger charge is -2.42. The lowest BCUT2D eigenvalue weighted by atomic mass is 9.63. The summed E-state index contributed by atoms with van der Waals surface area (Å²) >= 11 is 0. The van der Waals surface area contributed by atoms with Gasteiger partial charge in [-0.2, -0.15) is 21.6 Å². The van der Waals surface area contributed by atoms with E-state index in [1.807, 2.05) is 12.1 Å². The third kappa shape index (κ3) is 5.09. The van der Waals surface area contributed by atoms with E-state index < -0.39 is 27.3 Å². The number of carbonyl (C=O) groups excluding carboxylic acids is 1. The molecule has 0 saturated heterocycles. The van der Waals surface area contributed by atoms with Crippen LogP contribution in [0.4, 0.5) is 13.2 Å². The summed E-state index contributed by atoms with van der Waals surface area (Å²) in [6.07, 6.45) is 1.88. The minimum atomic E-state index is -5.90. The maximum absolute atomic E-state index is 13.1. The van der Waals surface area contributed by atoms with Gasteiger partial charge in [-0.15, -0.1) is 0 Å². The van der Waals surface area contributed by atoms with Crippen LogP contribution in [0.25, 0.3) is 22.3 Å². The van der Waals surface area contributed by atoms with Crippen LogP contribution in [-0.2, 0) is 20.9 Å². The first-order chi connectivity index (χ1) is 17.0. The molecule has 1 aliphatic carbocycles. The highest BCUT2D eigenvalue weighted by atomic mass is 32.2. The molecule has 4 rings (SSSR count). The van der Waals surface area contributed by atoms with Gasteiger partial charge in [0, 0.05) is 5.56 Å². The van der Waals surface area contributed by atoms with Crippen LogP contribution in [0.3, 0.4) is 0 Å². The zero-order chi connectivity index (χ0) is 27.4. The first-order valence-corrected chi connectivity index (χ1v) is 13.0. The minimum Gasteiger partial charge on any atom is -0.545 e. The first-order valence-electron chi connectivity index (χ1n) is 11.6. The summed E-state index contributed by atoms with van der Waals surface area (Å²) in [4.78, 5) is 11.1. The van der Waals surface area contributed by atoms with Crippen LogP contribution in [0.2, 0.25) is 0 Å². The average molecular weight is 532 g/mol. The highest BCUT2D eigenvalue weighted by Gasteiger charge is 2.49. The Morgan fingerprint density at radius 2 is 1.35 bits per heavy atom. The van der Waals surface area contributed by atoms with E-state index in [9.17, 15) is 31.5 Å². The second kappa shape index (κ2) is 8.90. The van der Waals surface area contributed by atoms with Crippen molar-refractivity contribution < 1.29 is 35.7 Å². The van der Waals surface area contributed by atoms with E-state index in [1.165, 1.54) is 42.5 Å². The highest BCUT2D eigenvalue weighted by Crippen LogP contribution is 2.48. The summed E-state index contributed by atoms with van der Waals surface area (Å²) < 4.78 is 67.8. The number of rotatable bonds is 5. The van der Waals surface area contributed by atoms with Crippen LogP contribution < -0.4 is 9.29 Å². The number of hydrogen-bond acceptors (Lipinski definition) is 5. The number of carboxylic acids is 1. The van der Waals surface area contributed by atoms with Gasteiger partial charge in [0.2, 0.25) is 0 Å². The van der Waals surface area contributed by atoms with Crippen LogP contribution in [0.5, 0.6) is 5.75 Å². The molecule has 0 saturated carbocycles. The molecule has 0 fully saturated rings. The van der Waals surface area contributed by atoms with Gasteiger partial charge >= 0.3 is 15.6 Å². The van der Waals surface area contributed by atoms with E-state index in [2.05, 4.69) is 31.9 Å². The van der Waals surface area contributed by atoms with E-state index in [1.54, 1.807) is 6.07 Å². The van der Waals surface area contributed by atoms with E-state index in [4.69, 9.17) is 0 Å². The number of fused-ring (bicyclic) bond motifs is 1. The molecule has 37 heavy (non-hydrogen) atoms. The Morgan fingerprint density at radius 3 is 1.92 bits per heavy atom. The van der Waals surface area contributed by atoms with Gasteiger partial charge in [-0.3, -0.25) is 0 Å². The van der Waals surface area contributed by atoms with Crippen LogP contribution in [0.15, 0.2) is 60.7 Å². The lowest BCUT2D eigenvalue weighted by molar-refractivity contribution is -0.255. The number of carboxylic acid groups (broad SMARTS) is 1. The number of alkyl halides is 3. The van der Waals surface area contributed by atoms with Crippen molar-refractivity contribution in [1.29, 1.82) is 0 Å². The van der Waals surface area contributed by atoms with Crippen molar-refractivity contribution in [3.63, 3.8) is 0 Å². The molecule has 0 amide bonds. The van der Waals surface area contributed by atoms with Gasteiger partial charge < -0.3 is 14.1 Å². The van der Waals surface area contributed by atoms with E-state index in [-0.39, 0.29) is 22.0 Å². The number of hydrogen-bond donors (Lipinski definition) is 0. The summed E-state index contributed by atoms with van der Waals surface area (Å²) in [6, 6.07) is 15.5. The van der Waals surface area contributed by atoms with Crippen LogP contribution in [0, 0.1) is 0 Å². The fourth-order valence-electron chi connectivity index (χ4n) is 4.73. The number of aromatic carboxylic acids is 1. The summed E-state index contributed by atoms with van der Waals surface area (Å²) in [5.41, 5.74) is -1.96. The molecule has 0 heterocycles. The Bertz CT molecular complexity index is 1470. The Morgan fingerprint density at radius 1 is 0.811 bits per heavy atom. The molecule has 3 aromatic rings. The van der Waals surface area contributed by atoms with Gasteiger partial charge in [0.05, 0.1) is 5.97 Å². The number of benzene rings is 3. The molecule has 0 radical (unpaired) electrons. The van der Waals surface area contributed by atoms with Crippen molar-refractivity contribution in [2.75, 3.05) is 0 Å². The predicted molar refractivity (Wildman–Crippen MR) is 133 cm³/mol. The van der Waals surface area contributed by atoms with Crippen molar-refractivity contribution in [2.45, 2.75) is 56.9 Å². The largest absolute Gasteiger partial charge is 0.545 e. The second-order valence-electron chi connectivity index (χ2n) is 10.6. The molecular weight excluding hydrogens is 505 g/mol. The molecule has 0 aliphatic heterocycles. The molecule has 0 spiro atoms. The maximum Gasteiger partial charge on any atom is 0.534 e. The van der Waals surface area contributed by atoms with Crippen LogP contribution in [0.1, 0.15) is 62.0 Å². The van der Waals surface area contributed by atoms with Gasteiger partial charge in [0.1, 0.15) is 0 Å². The number of carbonyl (C=O) groups is 1. The predicted octanol–water partition coefficient (Wildman–Crippen LogP) is 5.96. The molecule has 1 aliphatic rings. The molecule has 196 valence electrons. The van der Waals surface area contributed by atoms with Gasteiger partial charge in [-0.05, 0) is 69.2 Å². The molecule has 3 aromatic carbocycles. The highest BCUT2D eigenvalue weighted by molar-refractivity contribution is 7.88. The fourth-order valence-corrected chi connectivity index (χ4v) is 5.20. The van der Waals surface area contributed by atoms with Gasteiger partial charge in [-0.1, -0.05) is 76.2 Å². The maximum atomic E-state index is 13.1. The van der Waals surface area contributed by atoms with Crippen LogP contribution in [-0.4, -0.2) is 19.9 Å². The van der Waals surface area contributed by atoms with E-state index in [0.717, 1.165) is 24.0 Å². The second-order valence-corrected chi connectivity index (χ2v) is 12.1. The smallest absolute Gasteiger partial charge is 0.534 e. The van der Waals surface area contributed by atoms with Gasteiger partial charge in [-0.25, -0.2) is 0 Å². The molecule has 0 unspecified atom stereocenters. The summed E-state index contributed by atoms with van der Waals surface area (Å²) in [5.74, 6) is -1.80. The molecular formula is C28H26F3O5S-. The van der Waals surface area contributed by atoms with Gasteiger partial charge in [0.25, 0.3) is 0 Å². The molecule has 0 aromatic heterocycles. The monoisotopic (exact) mass is 531 g/mol. The molecule has 0 N–H and O–H groups in total. The summed E-state index contributed by atoms with van der Waals surface area (Å²) in [5, 5.41) is 11.1. The Kier molecular flexibility index (Phi) is 6.43. The normalized spacial score (nSPS) is 16.6. The third-order valence-corrected chi connectivity index (χ3v) is 8.05. The zero-order valence-corrected chi connectivity index (χ0v) is 21.6. The molecule has 5 nitrogen and oxygen atoms in total. The average Bonchev–Trinajstić information content (AvgIpc) is 2.81. The summed E-state index contributed by atoms with van der Waals surface area (Å²) in [7, 11) is -5.90. The topological polar surface area (TPSA) is 83.5 Å². The SMILES string of the molecule is CC1(C)CCC(C)(C)c2cc(-c3cc(-c4ccc(C(=O)[O-])cc4)ccc3OS(=O)(=O)C(F)(F)F)ccc21. The third-order valence-electron chi connectivity index (χ3n) is 7.08. The standard InChI is InChI=1S/C28H27F3O5S/c1-26(2)13-14-27(3,4)23-16-20(9-11-22(23)26)21-15-19(17-5-7-18(8-6-17)25(32)33)10-12-24(21)36-37(34,35)28(29,30)31/h5-12,15-16H,13-14H2,1-4H3,(H,32,33)/p-1. The Labute approximate surface area is 214 Å². The van der Waals surface area contributed by atoms with E-state index >= 15 is 0 Å². The Hall–Kier alpha value is -3.33. The quantitative estimate of drug-likeness (QED) is 0.300. The van der Waals surface area contributed by atoms with Crippen molar-refractivity contribution in [1.82, 2.24) is 0 Å². The molecule has 0 atom stereocenters. The van der Waals surface area contributed by atoms with Crippen molar-refractivity contribution >= 4 is 16.1 Å². The van der Waals surface area contributed by atoms with E-state index in [0.29, 0.717) is 16.7 Å². The minimum absolute atomic E-state index is 0.0280. The van der Waals surface area contributed by atoms with Crippen molar-refractivity contribution in [2.24, 2.45) is 0 Å². The summed E-state index contributed by atoms with van der Waals surface area (Å²) in [6.45, 7) is 8.49. The lowest BCUT2D eigenvalue weighted by Crippen LogP contribution is -2.33. The van der Waals surface area contributed by atoms with Crippen molar-refractivity contribution in [3.05, 3.63) is 77.4 Å². The Balaban J connectivity index is 1.90. The number of halogens is 3. The van der Waals surface area contributed by atoms with Gasteiger partial charge in [0.15, 0.2) is 5.75 Å². The van der Waals surface area contributed by atoms with Crippen LogP contribution >= 0.6 is 0 Å². The molecule has 0 bridgehead atoms. The zero-order valence-electron chi connectivity index (χ0n) is 20.8. The fraction of sp³-hybridized carbons (Fsp3) is 0.321. The van der Waals surface area contributed by atoms with Crippen molar-refractivity contribution in [3.8, 4) is 28.0 Å².